The Bertz CT molecular complexity index is 946. The molecule has 0 radical (unpaired) electrons. The van der Waals surface area contributed by atoms with Gasteiger partial charge in [0.05, 0.1) is 37.2 Å². The van der Waals surface area contributed by atoms with E-state index in [-0.39, 0.29) is 29.9 Å². The number of nitrogens with zero attached hydrogens (tertiary/aromatic N) is 1. The maximum Gasteiger partial charge on any atom is 0.312 e. The molecule has 3 fully saturated rings. The van der Waals surface area contributed by atoms with Crippen LogP contribution in [0.5, 0.6) is 0 Å². The van der Waals surface area contributed by atoms with Crippen molar-refractivity contribution in [3.8, 4) is 0 Å². The van der Waals surface area contributed by atoms with E-state index in [1.807, 2.05) is 39.0 Å². The van der Waals surface area contributed by atoms with E-state index in [4.69, 9.17) is 9.47 Å². The van der Waals surface area contributed by atoms with Crippen molar-refractivity contribution in [1.82, 2.24) is 4.90 Å². The predicted molar refractivity (Wildman–Crippen MR) is 125 cm³/mol. The van der Waals surface area contributed by atoms with Crippen LogP contribution in [-0.2, 0) is 23.9 Å². The molecule has 1 aromatic carbocycles. The molecule has 2 N–H and O–H groups in total. The largest absolute Gasteiger partial charge is 0.466 e. The van der Waals surface area contributed by atoms with Gasteiger partial charge in [-0.2, -0.15) is 0 Å². The summed E-state index contributed by atoms with van der Waals surface area (Å²) in [7, 11) is 0. The number of halogens is 1. The third kappa shape index (κ3) is 3.59. The van der Waals surface area contributed by atoms with Gasteiger partial charge in [-0.05, 0) is 44.7 Å². The number of hydrogen-bond donors (Lipinski definition) is 2. The van der Waals surface area contributed by atoms with Gasteiger partial charge < -0.3 is 24.8 Å². The van der Waals surface area contributed by atoms with Crippen LogP contribution < -0.4 is 5.32 Å². The van der Waals surface area contributed by atoms with Gasteiger partial charge in [-0.15, -0.1) is 0 Å². The Morgan fingerprint density at radius 3 is 2.58 bits per heavy atom. The Hall–Kier alpha value is -1.97. The average molecular weight is 523 g/mol. The number of alkyl halides is 1. The Kier molecular flexibility index (Phi) is 6.59. The van der Waals surface area contributed by atoms with Gasteiger partial charge in [-0.25, -0.2) is 0 Å². The number of rotatable bonds is 7. The lowest BCUT2D eigenvalue weighted by Gasteiger charge is -2.36. The summed E-state index contributed by atoms with van der Waals surface area (Å²) in [6.45, 7) is 7.30. The zero-order valence-electron chi connectivity index (χ0n) is 19.3. The molecule has 0 aliphatic carbocycles. The van der Waals surface area contributed by atoms with Crippen molar-refractivity contribution in [2.75, 3.05) is 18.5 Å². The third-order valence-corrected chi connectivity index (χ3v) is 8.18. The first-order chi connectivity index (χ1) is 15.7. The van der Waals surface area contributed by atoms with Crippen molar-refractivity contribution in [3.63, 3.8) is 0 Å². The third-order valence-electron chi connectivity index (χ3n) is 7.34. The molecular formula is C24H31BrN2O6. The number of esters is 1. The number of nitrogens with one attached hydrogen (secondary N) is 1. The monoisotopic (exact) mass is 522 g/mol. The summed E-state index contributed by atoms with van der Waals surface area (Å²) < 4.78 is 11.7. The number of benzene rings is 1. The van der Waals surface area contributed by atoms with Crippen LogP contribution in [0.2, 0.25) is 0 Å². The fraction of sp³-hybridized carbons (Fsp3) is 0.625. The number of aliphatic hydroxyl groups is 1. The number of aryl methyl sites for hydroxylation is 2. The molecule has 8 nitrogen and oxygen atoms in total. The summed E-state index contributed by atoms with van der Waals surface area (Å²) in [4.78, 5) is 41.8. The van der Waals surface area contributed by atoms with E-state index >= 15 is 0 Å². The molecule has 180 valence electrons. The predicted octanol–water partition coefficient (Wildman–Crippen LogP) is 2.32. The van der Waals surface area contributed by atoms with E-state index in [9.17, 15) is 19.5 Å². The molecule has 0 aromatic heterocycles. The van der Waals surface area contributed by atoms with E-state index in [1.54, 1.807) is 6.92 Å². The van der Waals surface area contributed by atoms with Gasteiger partial charge in [-0.3, -0.25) is 14.4 Å². The second-order valence-corrected chi connectivity index (χ2v) is 10.3. The molecule has 33 heavy (non-hydrogen) atoms. The fourth-order valence-electron chi connectivity index (χ4n) is 5.89. The second kappa shape index (κ2) is 9.00. The van der Waals surface area contributed by atoms with Crippen molar-refractivity contribution in [2.24, 2.45) is 11.8 Å². The summed E-state index contributed by atoms with van der Waals surface area (Å²) in [6, 6.07) is 4.20. The number of hydrogen-bond acceptors (Lipinski definition) is 6. The van der Waals surface area contributed by atoms with E-state index < -0.39 is 41.6 Å². The van der Waals surface area contributed by atoms with Crippen molar-refractivity contribution in [3.05, 3.63) is 29.3 Å². The number of fused-ring (bicyclic) bond motifs is 1. The van der Waals surface area contributed by atoms with Gasteiger partial charge in [0.15, 0.2) is 0 Å². The number of carbonyl (C=O) groups is 3. The summed E-state index contributed by atoms with van der Waals surface area (Å²) in [5.41, 5.74) is 1.33. The molecule has 2 bridgehead atoms. The van der Waals surface area contributed by atoms with Gasteiger partial charge in [0.25, 0.3) is 0 Å². The lowest BCUT2D eigenvalue weighted by Crippen LogP contribution is -2.56. The van der Waals surface area contributed by atoms with Gasteiger partial charge >= 0.3 is 5.97 Å². The molecule has 2 amide bonds. The van der Waals surface area contributed by atoms with Crippen LogP contribution in [0.15, 0.2) is 18.2 Å². The molecule has 3 aliphatic heterocycles. The minimum absolute atomic E-state index is 0.192. The maximum absolute atomic E-state index is 13.8. The quantitative estimate of drug-likeness (QED) is 0.420. The van der Waals surface area contributed by atoms with Crippen LogP contribution in [0.25, 0.3) is 0 Å². The molecule has 7 atom stereocenters. The highest BCUT2D eigenvalue weighted by Crippen LogP contribution is 2.60. The number of amides is 2. The van der Waals surface area contributed by atoms with E-state index in [0.29, 0.717) is 18.5 Å². The molecule has 4 rings (SSSR count). The Morgan fingerprint density at radius 1 is 1.33 bits per heavy atom. The zero-order valence-corrected chi connectivity index (χ0v) is 20.9. The number of likely N-dealkylation sites (tertiary alicyclic amines) is 1. The van der Waals surface area contributed by atoms with E-state index in [1.165, 1.54) is 4.90 Å². The summed E-state index contributed by atoms with van der Waals surface area (Å²) in [5.74, 6) is -2.82. The molecular weight excluding hydrogens is 492 g/mol. The Balaban J connectivity index is 1.79. The van der Waals surface area contributed by atoms with Crippen LogP contribution in [0.4, 0.5) is 5.69 Å². The highest BCUT2D eigenvalue weighted by molar-refractivity contribution is 9.09. The van der Waals surface area contributed by atoms with Gasteiger partial charge in [0.2, 0.25) is 11.8 Å². The van der Waals surface area contributed by atoms with Crippen LogP contribution in [0.3, 0.4) is 0 Å². The fourth-order valence-corrected chi connectivity index (χ4v) is 6.83. The standard InChI is InChI=1S/C24H31BrN2O6/c1-5-14(11-28)27-20(21(29)26-18-12(3)8-7-9-13(18)4)24-10-15(25)19(33-24)16(17(24)22(27)30)23(31)32-6-2/h7-9,14-17,19-20,28H,5-6,10-11H2,1-4H3,(H,26,29)/t14-,15?,16-,17+,19-,20-,24+/m0/s1. The number of anilines is 1. The molecule has 3 heterocycles. The molecule has 3 aliphatic rings. The topological polar surface area (TPSA) is 105 Å². The molecule has 9 heteroatoms. The molecule has 1 unspecified atom stereocenters. The normalized spacial score (nSPS) is 33.2. The zero-order chi connectivity index (χ0) is 24.1. The smallest absolute Gasteiger partial charge is 0.312 e. The summed E-state index contributed by atoms with van der Waals surface area (Å²) in [5, 5.41) is 13.1. The highest BCUT2D eigenvalue weighted by atomic mass is 79.9. The summed E-state index contributed by atoms with van der Waals surface area (Å²) in [6.07, 6.45) is 0.321. The minimum Gasteiger partial charge on any atom is -0.466 e. The highest BCUT2D eigenvalue weighted by Gasteiger charge is 2.77. The first kappa shape index (κ1) is 24.2. The van der Waals surface area contributed by atoms with Crippen molar-refractivity contribution >= 4 is 39.4 Å². The van der Waals surface area contributed by atoms with Crippen molar-refractivity contribution in [1.29, 1.82) is 0 Å². The SMILES string of the molecule is CCOC(=O)[C@@H]1[C@H]2O[C@@]3(CC2Br)[C@H](C(=O)Nc2c(C)cccc2C)N([C@@H](CC)CO)C(=O)[C@@H]13. The number of carbonyl (C=O) groups excluding carboxylic acids is 3. The lowest BCUT2D eigenvalue weighted by molar-refractivity contribution is -0.155. The second-order valence-electron chi connectivity index (χ2n) is 9.16. The van der Waals surface area contributed by atoms with Crippen LogP contribution in [-0.4, -0.2) is 69.6 Å². The van der Waals surface area contributed by atoms with Crippen molar-refractivity contribution < 1.29 is 29.0 Å². The van der Waals surface area contributed by atoms with Crippen LogP contribution in [0, 0.1) is 25.7 Å². The first-order valence-electron chi connectivity index (χ1n) is 11.5. The Labute approximate surface area is 202 Å². The van der Waals surface area contributed by atoms with E-state index in [0.717, 1.165) is 11.1 Å². The molecule has 0 saturated carbocycles. The molecule has 1 spiro atoms. The van der Waals surface area contributed by atoms with E-state index in [2.05, 4.69) is 21.2 Å². The minimum atomic E-state index is -1.17. The number of ether oxygens (including phenoxy) is 2. The number of aliphatic hydroxyl groups excluding tert-OH is 1. The molecule has 3 saturated heterocycles. The Morgan fingerprint density at radius 2 is 2.00 bits per heavy atom. The van der Waals surface area contributed by atoms with Crippen molar-refractivity contribution in [2.45, 2.75) is 69.2 Å². The lowest BCUT2D eigenvalue weighted by atomic mass is 9.70. The summed E-state index contributed by atoms with van der Waals surface area (Å²) >= 11 is 3.62. The average Bonchev–Trinajstić information content (AvgIpc) is 3.36. The molecule has 1 aromatic rings. The van der Waals surface area contributed by atoms with Gasteiger partial charge in [0, 0.05) is 10.5 Å². The van der Waals surface area contributed by atoms with Crippen LogP contribution >= 0.6 is 15.9 Å². The number of para-hydroxylation sites is 1. The first-order valence-corrected chi connectivity index (χ1v) is 12.4. The van der Waals surface area contributed by atoms with Gasteiger partial charge in [0.1, 0.15) is 11.6 Å². The maximum atomic E-state index is 13.8. The van der Waals surface area contributed by atoms with Gasteiger partial charge in [-0.1, -0.05) is 41.1 Å². The van der Waals surface area contributed by atoms with Crippen LogP contribution in [0.1, 0.15) is 37.8 Å².